The minimum absolute atomic E-state index is 0.00435. The van der Waals surface area contributed by atoms with Gasteiger partial charge in [-0.05, 0) is 44.9 Å². The second kappa shape index (κ2) is 6.28. The Bertz CT molecular complexity index is 388. The molecule has 1 unspecified atom stereocenters. The lowest BCUT2D eigenvalue weighted by atomic mass is 10.1. The Labute approximate surface area is 104 Å². The van der Waals surface area contributed by atoms with Crippen molar-refractivity contribution in [1.82, 2.24) is 5.32 Å². The highest BCUT2D eigenvalue weighted by molar-refractivity contribution is 5.99. The van der Waals surface area contributed by atoms with Crippen molar-refractivity contribution in [3.63, 3.8) is 0 Å². The second-order valence-corrected chi connectivity index (χ2v) is 4.36. The molecule has 0 radical (unpaired) electrons. The molecule has 0 aromatic heterocycles. The molecule has 0 saturated carbocycles. The molecule has 0 heterocycles. The van der Waals surface area contributed by atoms with E-state index < -0.39 is 0 Å². The van der Waals surface area contributed by atoms with E-state index in [0.717, 1.165) is 29.8 Å². The van der Waals surface area contributed by atoms with E-state index in [0.29, 0.717) is 0 Å². The molecule has 0 aliphatic carbocycles. The Morgan fingerprint density at radius 3 is 2.65 bits per heavy atom. The van der Waals surface area contributed by atoms with Gasteiger partial charge in [-0.15, -0.1) is 0 Å². The second-order valence-electron chi connectivity index (χ2n) is 4.36. The Kier molecular flexibility index (Phi) is 5.01. The molecule has 0 aliphatic heterocycles. The lowest BCUT2D eigenvalue weighted by Gasteiger charge is -2.15. The van der Waals surface area contributed by atoms with Gasteiger partial charge >= 0.3 is 0 Å². The number of carbonyl (C=O) groups excluding carboxylic acids is 1. The zero-order chi connectivity index (χ0) is 12.8. The molecule has 0 fully saturated rings. The summed E-state index contributed by atoms with van der Waals surface area (Å²) in [7, 11) is 0. The first-order valence-corrected chi connectivity index (χ1v) is 6.23. The molecule has 3 heteroatoms. The third kappa shape index (κ3) is 3.77. The number of carbonyl (C=O) groups is 1. The van der Waals surface area contributed by atoms with Gasteiger partial charge in [0.15, 0.2) is 0 Å². The Balaban J connectivity index is 2.91. The molecule has 1 atom stereocenters. The minimum atomic E-state index is -0.00435. The fourth-order valence-corrected chi connectivity index (χ4v) is 1.60. The van der Waals surface area contributed by atoms with Crippen LogP contribution in [0.15, 0.2) is 18.2 Å². The molecule has 0 saturated heterocycles. The number of aryl methyl sites for hydroxylation is 1. The molecule has 17 heavy (non-hydrogen) atoms. The average molecular weight is 234 g/mol. The van der Waals surface area contributed by atoms with Crippen LogP contribution < -0.4 is 10.6 Å². The third-order valence-electron chi connectivity index (χ3n) is 2.78. The average Bonchev–Trinajstić information content (AvgIpc) is 2.29. The summed E-state index contributed by atoms with van der Waals surface area (Å²) in [5.41, 5.74) is 2.78. The third-order valence-corrected chi connectivity index (χ3v) is 2.78. The van der Waals surface area contributed by atoms with Crippen LogP contribution in [0.1, 0.15) is 43.1 Å². The molecule has 1 amide bonds. The van der Waals surface area contributed by atoms with Gasteiger partial charge in [-0.2, -0.15) is 0 Å². The number of amides is 1. The van der Waals surface area contributed by atoms with Crippen molar-refractivity contribution in [3.8, 4) is 0 Å². The van der Waals surface area contributed by atoms with Crippen molar-refractivity contribution in [2.45, 2.75) is 40.2 Å². The molecule has 0 spiro atoms. The fourth-order valence-electron chi connectivity index (χ4n) is 1.60. The fraction of sp³-hybridized carbons (Fsp3) is 0.500. The largest absolute Gasteiger partial charge is 0.385 e. The molecule has 3 nitrogen and oxygen atoms in total. The molecule has 0 aliphatic rings. The minimum Gasteiger partial charge on any atom is -0.385 e. The van der Waals surface area contributed by atoms with Crippen LogP contribution >= 0.6 is 0 Å². The standard InChI is InChI=1S/C14H22N2O/c1-5-11(4)16-14(17)12-8-7-10(3)9-13(12)15-6-2/h7-9,11,15H,5-6H2,1-4H3,(H,16,17). The number of hydrogen-bond donors (Lipinski definition) is 2. The van der Waals surface area contributed by atoms with Gasteiger partial charge in [0.1, 0.15) is 0 Å². The molecule has 1 aromatic carbocycles. The van der Waals surface area contributed by atoms with Gasteiger partial charge in [-0.1, -0.05) is 13.0 Å². The van der Waals surface area contributed by atoms with E-state index in [1.165, 1.54) is 0 Å². The quantitative estimate of drug-likeness (QED) is 0.822. The van der Waals surface area contributed by atoms with Crippen LogP contribution in [-0.2, 0) is 0 Å². The van der Waals surface area contributed by atoms with Gasteiger partial charge in [0.2, 0.25) is 0 Å². The van der Waals surface area contributed by atoms with E-state index >= 15 is 0 Å². The summed E-state index contributed by atoms with van der Waals surface area (Å²) >= 11 is 0. The van der Waals surface area contributed by atoms with Crippen LogP contribution in [0.5, 0.6) is 0 Å². The van der Waals surface area contributed by atoms with Crippen LogP contribution in [-0.4, -0.2) is 18.5 Å². The summed E-state index contributed by atoms with van der Waals surface area (Å²) in [6, 6.07) is 6.06. The SMILES string of the molecule is CCNc1cc(C)ccc1C(=O)NC(C)CC. The summed E-state index contributed by atoms with van der Waals surface area (Å²) in [5.74, 6) is -0.00435. The van der Waals surface area contributed by atoms with Crippen molar-refractivity contribution < 1.29 is 4.79 Å². The summed E-state index contributed by atoms with van der Waals surface area (Å²) in [5, 5.41) is 6.21. The topological polar surface area (TPSA) is 41.1 Å². The van der Waals surface area contributed by atoms with E-state index in [2.05, 4.69) is 17.6 Å². The van der Waals surface area contributed by atoms with Crippen LogP contribution in [0.25, 0.3) is 0 Å². The predicted octanol–water partition coefficient (Wildman–Crippen LogP) is 2.96. The van der Waals surface area contributed by atoms with Crippen LogP contribution in [0.4, 0.5) is 5.69 Å². The Hall–Kier alpha value is -1.51. The van der Waals surface area contributed by atoms with E-state index in [1.807, 2.05) is 39.0 Å². The maximum Gasteiger partial charge on any atom is 0.253 e. The smallest absolute Gasteiger partial charge is 0.253 e. The molecule has 0 bridgehead atoms. The van der Waals surface area contributed by atoms with Crippen molar-refractivity contribution >= 4 is 11.6 Å². The summed E-state index contributed by atoms with van der Waals surface area (Å²) in [4.78, 5) is 12.1. The van der Waals surface area contributed by atoms with Crippen molar-refractivity contribution in [2.75, 3.05) is 11.9 Å². The number of nitrogens with one attached hydrogen (secondary N) is 2. The Morgan fingerprint density at radius 1 is 1.35 bits per heavy atom. The van der Waals surface area contributed by atoms with Gasteiger partial charge in [0.05, 0.1) is 5.56 Å². The summed E-state index contributed by atoms with van der Waals surface area (Å²) < 4.78 is 0. The lowest BCUT2D eigenvalue weighted by Crippen LogP contribution is -2.32. The first kappa shape index (κ1) is 13.6. The van der Waals surface area contributed by atoms with Crippen molar-refractivity contribution in [3.05, 3.63) is 29.3 Å². The van der Waals surface area contributed by atoms with E-state index in [9.17, 15) is 4.79 Å². The molecule has 1 rings (SSSR count). The number of benzene rings is 1. The molecule has 2 N–H and O–H groups in total. The number of anilines is 1. The first-order valence-electron chi connectivity index (χ1n) is 6.23. The van der Waals surface area contributed by atoms with Gasteiger partial charge in [-0.25, -0.2) is 0 Å². The van der Waals surface area contributed by atoms with Gasteiger partial charge in [0.25, 0.3) is 5.91 Å². The lowest BCUT2D eigenvalue weighted by molar-refractivity contribution is 0.0940. The summed E-state index contributed by atoms with van der Waals surface area (Å²) in [6.45, 7) is 8.94. The normalized spacial score (nSPS) is 12.0. The molecular formula is C14H22N2O. The van der Waals surface area contributed by atoms with Crippen LogP contribution in [0, 0.1) is 6.92 Å². The highest BCUT2D eigenvalue weighted by Crippen LogP contribution is 2.17. The zero-order valence-electron chi connectivity index (χ0n) is 11.1. The van der Waals surface area contributed by atoms with E-state index in [-0.39, 0.29) is 11.9 Å². The Morgan fingerprint density at radius 2 is 2.06 bits per heavy atom. The maximum atomic E-state index is 12.1. The van der Waals surface area contributed by atoms with E-state index in [4.69, 9.17) is 0 Å². The predicted molar refractivity (Wildman–Crippen MR) is 72.6 cm³/mol. The van der Waals surface area contributed by atoms with Crippen LogP contribution in [0.3, 0.4) is 0 Å². The highest BCUT2D eigenvalue weighted by atomic mass is 16.1. The number of hydrogen-bond acceptors (Lipinski definition) is 2. The van der Waals surface area contributed by atoms with Crippen molar-refractivity contribution in [1.29, 1.82) is 0 Å². The number of rotatable bonds is 5. The highest BCUT2D eigenvalue weighted by Gasteiger charge is 2.12. The maximum absolute atomic E-state index is 12.1. The van der Waals surface area contributed by atoms with Gasteiger partial charge in [0, 0.05) is 18.3 Å². The first-order chi connectivity index (χ1) is 8.08. The zero-order valence-corrected chi connectivity index (χ0v) is 11.1. The van der Waals surface area contributed by atoms with Crippen molar-refractivity contribution in [2.24, 2.45) is 0 Å². The summed E-state index contributed by atoms with van der Waals surface area (Å²) in [6.07, 6.45) is 0.939. The van der Waals surface area contributed by atoms with Gasteiger partial charge < -0.3 is 10.6 Å². The molecule has 94 valence electrons. The van der Waals surface area contributed by atoms with Crippen LogP contribution in [0.2, 0.25) is 0 Å². The van der Waals surface area contributed by atoms with E-state index in [1.54, 1.807) is 0 Å². The van der Waals surface area contributed by atoms with Gasteiger partial charge in [-0.3, -0.25) is 4.79 Å². The molecular weight excluding hydrogens is 212 g/mol. The molecule has 1 aromatic rings. The monoisotopic (exact) mass is 234 g/mol.